The molecule has 0 spiro atoms. The number of nitrogens with one attached hydrogen (secondary N) is 1. The van der Waals surface area contributed by atoms with Crippen molar-refractivity contribution >= 4 is 28.2 Å². The molecular formula is C18H21FN2O3S. The molecule has 134 valence electrons. The predicted octanol–water partition coefficient (Wildman–Crippen LogP) is 3.39. The first-order valence-electron chi connectivity index (χ1n) is 8.08. The second kappa shape index (κ2) is 8.11. The van der Waals surface area contributed by atoms with Crippen molar-refractivity contribution in [2.75, 3.05) is 5.32 Å². The number of rotatable bonds is 7. The highest BCUT2D eigenvalue weighted by atomic mass is 32.1. The Hall–Kier alpha value is -2.41. The Morgan fingerprint density at radius 2 is 2.04 bits per heavy atom. The van der Waals surface area contributed by atoms with Gasteiger partial charge in [-0.3, -0.25) is 9.59 Å². The number of anilines is 1. The van der Waals surface area contributed by atoms with Crippen molar-refractivity contribution in [3.63, 3.8) is 0 Å². The van der Waals surface area contributed by atoms with Crippen molar-refractivity contribution in [3.05, 3.63) is 45.6 Å². The third-order valence-corrected chi connectivity index (χ3v) is 5.09. The maximum atomic E-state index is 13.8. The molecular weight excluding hydrogens is 343 g/mol. The number of aryl methyl sites for hydroxylation is 1. The number of benzene rings is 1. The number of nitrogens with two attached hydrogens (primary N) is 1. The molecule has 0 aliphatic heterocycles. The van der Waals surface area contributed by atoms with E-state index in [2.05, 4.69) is 5.32 Å². The number of aromatic hydroxyl groups is 1. The van der Waals surface area contributed by atoms with E-state index in [-0.39, 0.29) is 17.7 Å². The van der Waals surface area contributed by atoms with Gasteiger partial charge < -0.3 is 16.2 Å². The lowest BCUT2D eigenvalue weighted by Crippen LogP contribution is -2.19. The molecule has 2 rings (SSSR count). The zero-order valence-corrected chi connectivity index (χ0v) is 15.0. The average molecular weight is 364 g/mol. The smallest absolute Gasteiger partial charge is 0.251 e. The van der Waals surface area contributed by atoms with Crippen LogP contribution in [0, 0.1) is 5.82 Å². The van der Waals surface area contributed by atoms with Gasteiger partial charge >= 0.3 is 0 Å². The highest BCUT2D eigenvalue weighted by molar-refractivity contribution is 7.17. The first-order chi connectivity index (χ1) is 11.9. The largest absolute Gasteiger partial charge is 0.508 e. The molecule has 2 aromatic rings. The quantitative estimate of drug-likeness (QED) is 0.703. The SMILES string of the molecule is CCCc1c(CC)sc(NC(=O)Cc2ccc(O)cc2F)c1C(N)=O. The minimum Gasteiger partial charge on any atom is -0.508 e. The van der Waals surface area contributed by atoms with Gasteiger partial charge in [-0.1, -0.05) is 26.3 Å². The zero-order valence-electron chi connectivity index (χ0n) is 14.2. The molecule has 1 aromatic carbocycles. The Balaban J connectivity index is 2.26. The van der Waals surface area contributed by atoms with Crippen LogP contribution in [0.15, 0.2) is 18.2 Å². The van der Waals surface area contributed by atoms with Crippen LogP contribution in [0.4, 0.5) is 9.39 Å². The average Bonchev–Trinajstić information content (AvgIpc) is 2.88. The minimum absolute atomic E-state index is 0.164. The molecule has 0 aliphatic rings. The summed E-state index contributed by atoms with van der Waals surface area (Å²) < 4.78 is 13.8. The van der Waals surface area contributed by atoms with Crippen molar-refractivity contribution in [2.24, 2.45) is 5.73 Å². The van der Waals surface area contributed by atoms with Gasteiger partial charge in [0, 0.05) is 10.9 Å². The van der Waals surface area contributed by atoms with Gasteiger partial charge in [0.1, 0.15) is 16.6 Å². The highest BCUT2D eigenvalue weighted by Gasteiger charge is 2.22. The summed E-state index contributed by atoms with van der Waals surface area (Å²) in [4.78, 5) is 25.2. The number of carbonyl (C=O) groups excluding carboxylic acids is 2. The standard InChI is InChI=1S/C18H21FN2O3S/c1-3-5-12-14(4-2)25-18(16(12)17(20)24)21-15(23)8-10-6-7-11(22)9-13(10)19/h6-7,9,22H,3-5,8H2,1-2H3,(H2,20,24)(H,21,23). The van der Waals surface area contributed by atoms with Crippen molar-refractivity contribution in [1.82, 2.24) is 0 Å². The Bertz CT molecular complexity index is 802. The van der Waals surface area contributed by atoms with Crippen LogP contribution in [0.3, 0.4) is 0 Å². The van der Waals surface area contributed by atoms with Gasteiger partial charge in [-0.25, -0.2) is 4.39 Å². The van der Waals surface area contributed by atoms with Gasteiger partial charge in [-0.2, -0.15) is 0 Å². The van der Waals surface area contributed by atoms with Crippen molar-refractivity contribution < 1.29 is 19.1 Å². The number of halogens is 1. The van der Waals surface area contributed by atoms with Crippen LogP contribution in [-0.2, 0) is 24.1 Å². The second-order valence-electron chi connectivity index (χ2n) is 5.68. The summed E-state index contributed by atoms with van der Waals surface area (Å²) in [6.07, 6.45) is 2.10. The van der Waals surface area contributed by atoms with Crippen LogP contribution in [0.25, 0.3) is 0 Å². The molecule has 5 nitrogen and oxygen atoms in total. The number of hydrogen-bond acceptors (Lipinski definition) is 4. The van der Waals surface area contributed by atoms with E-state index in [0.717, 1.165) is 29.3 Å². The summed E-state index contributed by atoms with van der Waals surface area (Å²) in [5, 5.41) is 12.3. The van der Waals surface area contributed by atoms with E-state index in [1.165, 1.54) is 23.5 Å². The Kier molecular flexibility index (Phi) is 6.14. The van der Waals surface area contributed by atoms with E-state index < -0.39 is 17.6 Å². The second-order valence-corrected chi connectivity index (χ2v) is 6.78. The molecule has 0 saturated carbocycles. The van der Waals surface area contributed by atoms with Gasteiger partial charge in [0.15, 0.2) is 0 Å². The Morgan fingerprint density at radius 1 is 1.32 bits per heavy atom. The summed E-state index contributed by atoms with van der Waals surface area (Å²) in [5.74, 6) is -1.88. The summed E-state index contributed by atoms with van der Waals surface area (Å²) in [5.41, 5.74) is 6.91. The number of carbonyl (C=O) groups is 2. The van der Waals surface area contributed by atoms with Crippen LogP contribution in [-0.4, -0.2) is 16.9 Å². The fourth-order valence-corrected chi connectivity index (χ4v) is 3.89. The van der Waals surface area contributed by atoms with Crippen molar-refractivity contribution in [1.29, 1.82) is 0 Å². The summed E-state index contributed by atoms with van der Waals surface area (Å²) >= 11 is 1.33. The molecule has 0 saturated heterocycles. The summed E-state index contributed by atoms with van der Waals surface area (Å²) in [6, 6.07) is 3.63. The van der Waals surface area contributed by atoms with E-state index in [4.69, 9.17) is 5.73 Å². The van der Waals surface area contributed by atoms with Gasteiger partial charge in [0.25, 0.3) is 5.91 Å². The van der Waals surface area contributed by atoms with E-state index in [1.807, 2.05) is 13.8 Å². The first-order valence-corrected chi connectivity index (χ1v) is 8.90. The highest BCUT2D eigenvalue weighted by Crippen LogP contribution is 2.34. The van der Waals surface area contributed by atoms with Crippen LogP contribution in [0.5, 0.6) is 5.75 Å². The molecule has 0 atom stereocenters. The monoisotopic (exact) mass is 364 g/mol. The molecule has 0 unspecified atom stereocenters. The maximum absolute atomic E-state index is 13.8. The minimum atomic E-state index is -0.655. The Labute approximate surface area is 149 Å². The Morgan fingerprint density at radius 3 is 2.60 bits per heavy atom. The normalized spacial score (nSPS) is 10.7. The molecule has 7 heteroatoms. The van der Waals surface area contributed by atoms with E-state index in [1.54, 1.807) is 0 Å². The van der Waals surface area contributed by atoms with Crippen LogP contribution < -0.4 is 11.1 Å². The number of thiophene rings is 1. The first kappa shape index (κ1) is 18.9. The van der Waals surface area contributed by atoms with Gasteiger partial charge in [-0.05, 0) is 30.0 Å². The predicted molar refractivity (Wildman–Crippen MR) is 96.6 cm³/mol. The van der Waals surface area contributed by atoms with Gasteiger partial charge in [0.05, 0.1) is 12.0 Å². The lowest BCUT2D eigenvalue weighted by atomic mass is 10.0. The topological polar surface area (TPSA) is 92.4 Å². The zero-order chi connectivity index (χ0) is 18.6. The lowest BCUT2D eigenvalue weighted by molar-refractivity contribution is -0.115. The molecule has 4 N–H and O–H groups in total. The van der Waals surface area contributed by atoms with Crippen LogP contribution in [0.1, 0.15) is 46.6 Å². The van der Waals surface area contributed by atoms with Crippen LogP contribution in [0.2, 0.25) is 0 Å². The number of hydrogen-bond donors (Lipinski definition) is 3. The third-order valence-electron chi connectivity index (χ3n) is 3.80. The molecule has 0 bridgehead atoms. The fourth-order valence-electron chi connectivity index (χ4n) is 2.68. The molecule has 2 amide bonds. The summed E-state index contributed by atoms with van der Waals surface area (Å²) in [7, 11) is 0. The van der Waals surface area contributed by atoms with E-state index >= 15 is 0 Å². The van der Waals surface area contributed by atoms with Crippen molar-refractivity contribution in [3.8, 4) is 5.75 Å². The van der Waals surface area contributed by atoms with Gasteiger partial charge in [-0.15, -0.1) is 11.3 Å². The van der Waals surface area contributed by atoms with E-state index in [9.17, 15) is 19.1 Å². The number of primary amides is 1. The summed E-state index contributed by atoms with van der Waals surface area (Å²) in [6.45, 7) is 3.99. The van der Waals surface area contributed by atoms with Gasteiger partial charge in [0.2, 0.25) is 5.91 Å². The van der Waals surface area contributed by atoms with Crippen LogP contribution >= 0.6 is 11.3 Å². The maximum Gasteiger partial charge on any atom is 0.251 e. The van der Waals surface area contributed by atoms with E-state index in [0.29, 0.717) is 17.0 Å². The molecule has 1 aromatic heterocycles. The number of amides is 2. The fraction of sp³-hybridized carbons (Fsp3) is 0.333. The van der Waals surface area contributed by atoms with Crippen molar-refractivity contribution in [2.45, 2.75) is 39.5 Å². The third kappa shape index (κ3) is 4.36. The number of phenols is 1. The molecule has 0 aliphatic carbocycles. The lowest BCUT2D eigenvalue weighted by Gasteiger charge is -2.07. The molecule has 1 heterocycles. The molecule has 25 heavy (non-hydrogen) atoms. The number of phenolic OH excluding ortho intramolecular Hbond substituents is 1. The molecule has 0 radical (unpaired) electrons. The molecule has 0 fully saturated rings.